The van der Waals surface area contributed by atoms with Crippen LogP contribution in [-0.4, -0.2) is 48.1 Å². The van der Waals surface area contributed by atoms with Crippen LogP contribution in [0.5, 0.6) is 0 Å². The third-order valence-electron chi connectivity index (χ3n) is 7.90. The molecule has 0 bridgehead atoms. The number of hydrogen-bond donors (Lipinski definition) is 2. The van der Waals surface area contributed by atoms with Crippen molar-refractivity contribution in [2.45, 2.75) is 43.7 Å². The number of carbonyl (C=O) groups excluding carboxylic acids is 1. The number of ether oxygens (including phenoxy) is 2. The summed E-state index contributed by atoms with van der Waals surface area (Å²) in [6.07, 6.45) is 2.28. The van der Waals surface area contributed by atoms with Crippen molar-refractivity contribution in [3.05, 3.63) is 125 Å². The standard InChI is InChI=1S/C34H34N6O4S/c1-22-30(21-45-34-37-38-39-40(34)2)43-33(44-31(22)26-10-8-23(20-41)9-11-26)27-14-12-25(13-15-27)28-6-3-5-24(17-28)18-36-32(42)29-7-4-16-35-19-29/h3-17,19,22,30-31,33,41H,18,20-21H2,1-2H3,(H,36,42)/t22-,30+,31+,33+/m0/s1. The van der Waals surface area contributed by atoms with Crippen LogP contribution in [0.2, 0.25) is 0 Å². The predicted molar refractivity (Wildman–Crippen MR) is 170 cm³/mol. The highest BCUT2D eigenvalue weighted by molar-refractivity contribution is 7.99. The maximum absolute atomic E-state index is 12.5. The monoisotopic (exact) mass is 622 g/mol. The van der Waals surface area contributed by atoms with Crippen molar-refractivity contribution in [1.82, 2.24) is 30.5 Å². The molecule has 3 heterocycles. The molecule has 4 atom stereocenters. The molecule has 0 unspecified atom stereocenters. The van der Waals surface area contributed by atoms with Crippen LogP contribution < -0.4 is 5.32 Å². The molecule has 1 fully saturated rings. The van der Waals surface area contributed by atoms with Gasteiger partial charge in [0, 0.05) is 43.2 Å². The summed E-state index contributed by atoms with van der Waals surface area (Å²) in [5.74, 6) is 0.547. The van der Waals surface area contributed by atoms with Crippen LogP contribution in [0.3, 0.4) is 0 Å². The number of benzene rings is 3. The number of hydrogen-bond acceptors (Lipinski definition) is 9. The fourth-order valence-electron chi connectivity index (χ4n) is 5.29. The molecular formula is C34H34N6O4S. The number of aliphatic hydroxyl groups excluding tert-OH is 1. The van der Waals surface area contributed by atoms with Gasteiger partial charge in [-0.25, -0.2) is 4.68 Å². The van der Waals surface area contributed by atoms with E-state index in [4.69, 9.17) is 9.47 Å². The third-order valence-corrected chi connectivity index (χ3v) is 9.00. The highest BCUT2D eigenvalue weighted by Gasteiger charge is 2.38. The Morgan fingerprint density at radius 3 is 2.47 bits per heavy atom. The van der Waals surface area contributed by atoms with E-state index in [9.17, 15) is 9.90 Å². The summed E-state index contributed by atoms with van der Waals surface area (Å²) in [5, 5.41) is 25.0. The zero-order valence-electron chi connectivity index (χ0n) is 25.0. The Hall–Kier alpha value is -4.42. The molecule has 230 valence electrons. The fraction of sp³-hybridized carbons (Fsp3) is 0.265. The minimum absolute atomic E-state index is 0.00656. The Morgan fingerprint density at radius 2 is 1.76 bits per heavy atom. The number of carbonyl (C=O) groups is 1. The van der Waals surface area contributed by atoms with E-state index in [0.717, 1.165) is 38.5 Å². The molecule has 1 saturated heterocycles. The van der Waals surface area contributed by atoms with E-state index in [-0.39, 0.29) is 30.6 Å². The molecule has 1 aliphatic heterocycles. The SMILES string of the molecule is C[C@H]1[C@@H](CSc2nnnn2C)O[C@@H](c2ccc(-c3cccc(CNC(=O)c4cccnc4)c3)cc2)O[C@H]1c1ccc(CO)cc1. The maximum atomic E-state index is 12.5. The van der Waals surface area contributed by atoms with Gasteiger partial charge in [-0.05, 0) is 56.4 Å². The Labute approximate surface area is 265 Å². The molecule has 45 heavy (non-hydrogen) atoms. The van der Waals surface area contributed by atoms with Crippen molar-refractivity contribution in [3.63, 3.8) is 0 Å². The van der Waals surface area contributed by atoms with Crippen molar-refractivity contribution in [2.75, 3.05) is 5.75 Å². The van der Waals surface area contributed by atoms with Crippen LogP contribution in [0.4, 0.5) is 0 Å². The quantitative estimate of drug-likeness (QED) is 0.200. The van der Waals surface area contributed by atoms with Crippen LogP contribution in [-0.2, 0) is 29.7 Å². The topological polar surface area (TPSA) is 124 Å². The Kier molecular flexibility index (Phi) is 9.61. The average molecular weight is 623 g/mol. The lowest BCUT2D eigenvalue weighted by Gasteiger charge is -2.41. The lowest BCUT2D eigenvalue weighted by molar-refractivity contribution is -0.268. The van der Waals surface area contributed by atoms with E-state index in [0.29, 0.717) is 17.9 Å². The maximum Gasteiger partial charge on any atom is 0.253 e. The van der Waals surface area contributed by atoms with Gasteiger partial charge >= 0.3 is 0 Å². The van der Waals surface area contributed by atoms with Crippen LogP contribution in [0.25, 0.3) is 11.1 Å². The zero-order chi connectivity index (χ0) is 31.2. The molecule has 1 amide bonds. The van der Waals surface area contributed by atoms with Gasteiger partial charge in [-0.2, -0.15) is 0 Å². The predicted octanol–water partition coefficient (Wildman–Crippen LogP) is 5.28. The number of aromatic nitrogens is 5. The molecule has 6 rings (SSSR count). The first-order chi connectivity index (χ1) is 22.0. The Bertz CT molecular complexity index is 1720. The van der Waals surface area contributed by atoms with Crippen molar-refractivity contribution in [1.29, 1.82) is 0 Å². The second kappa shape index (κ2) is 14.1. The van der Waals surface area contributed by atoms with Gasteiger partial charge in [-0.1, -0.05) is 85.4 Å². The first-order valence-corrected chi connectivity index (χ1v) is 15.7. The second-order valence-corrected chi connectivity index (χ2v) is 12.0. The van der Waals surface area contributed by atoms with E-state index >= 15 is 0 Å². The minimum atomic E-state index is -0.574. The molecule has 1 aliphatic rings. The number of aliphatic hydroxyl groups is 1. The minimum Gasteiger partial charge on any atom is -0.392 e. The van der Waals surface area contributed by atoms with Gasteiger partial charge in [0.2, 0.25) is 5.16 Å². The Balaban J connectivity index is 1.18. The zero-order valence-corrected chi connectivity index (χ0v) is 25.8. The molecule has 3 aromatic carbocycles. The van der Waals surface area contributed by atoms with Crippen molar-refractivity contribution in [3.8, 4) is 11.1 Å². The summed E-state index contributed by atoms with van der Waals surface area (Å²) in [6.45, 7) is 2.54. The number of rotatable bonds is 10. The molecule has 0 aliphatic carbocycles. The van der Waals surface area contributed by atoms with Gasteiger partial charge < -0.3 is 19.9 Å². The summed E-state index contributed by atoms with van der Waals surface area (Å²) in [6, 6.07) is 27.7. The Morgan fingerprint density at radius 1 is 0.956 bits per heavy atom. The van der Waals surface area contributed by atoms with E-state index < -0.39 is 6.29 Å². The average Bonchev–Trinajstić information content (AvgIpc) is 3.51. The highest BCUT2D eigenvalue weighted by atomic mass is 32.2. The summed E-state index contributed by atoms with van der Waals surface area (Å²) in [4.78, 5) is 16.5. The van der Waals surface area contributed by atoms with Gasteiger partial charge in [0.1, 0.15) is 0 Å². The van der Waals surface area contributed by atoms with E-state index in [2.05, 4.69) is 57.0 Å². The fourth-order valence-corrected chi connectivity index (χ4v) is 6.30. The van der Waals surface area contributed by atoms with Gasteiger partial charge in [0.05, 0.1) is 24.4 Å². The molecule has 0 radical (unpaired) electrons. The van der Waals surface area contributed by atoms with Crippen LogP contribution in [0.1, 0.15) is 51.9 Å². The lowest BCUT2D eigenvalue weighted by Crippen LogP contribution is -2.38. The first-order valence-electron chi connectivity index (χ1n) is 14.7. The molecule has 0 saturated carbocycles. The largest absolute Gasteiger partial charge is 0.392 e. The van der Waals surface area contributed by atoms with E-state index in [1.165, 1.54) is 0 Å². The number of aryl methyl sites for hydroxylation is 1. The van der Waals surface area contributed by atoms with Crippen molar-refractivity contribution >= 4 is 17.7 Å². The number of nitrogens with one attached hydrogen (secondary N) is 1. The van der Waals surface area contributed by atoms with Crippen LogP contribution >= 0.6 is 11.8 Å². The molecule has 2 N–H and O–H groups in total. The van der Waals surface area contributed by atoms with Gasteiger partial charge in [-0.15, -0.1) is 5.10 Å². The van der Waals surface area contributed by atoms with E-state index in [1.54, 1.807) is 41.0 Å². The number of thioether (sulfide) groups is 1. The lowest BCUT2D eigenvalue weighted by atomic mass is 9.91. The van der Waals surface area contributed by atoms with Gasteiger partial charge in [-0.3, -0.25) is 9.78 Å². The highest BCUT2D eigenvalue weighted by Crippen LogP contribution is 2.43. The normalized spacial score (nSPS) is 19.7. The summed E-state index contributed by atoms with van der Waals surface area (Å²) in [5.41, 5.74) is 6.41. The molecule has 11 heteroatoms. The molecule has 2 aromatic heterocycles. The molecular weight excluding hydrogens is 588 g/mol. The number of tetrazole rings is 1. The summed E-state index contributed by atoms with van der Waals surface area (Å²) in [7, 11) is 1.82. The van der Waals surface area contributed by atoms with Gasteiger partial charge in [0.15, 0.2) is 6.29 Å². The molecule has 5 aromatic rings. The third kappa shape index (κ3) is 7.29. The van der Waals surface area contributed by atoms with Crippen molar-refractivity contribution in [2.24, 2.45) is 13.0 Å². The van der Waals surface area contributed by atoms with E-state index in [1.807, 2.05) is 55.6 Å². The number of amides is 1. The van der Waals surface area contributed by atoms with Crippen LogP contribution in [0.15, 0.2) is 102 Å². The smallest absolute Gasteiger partial charge is 0.253 e. The first kappa shape index (κ1) is 30.6. The number of nitrogens with zero attached hydrogens (tertiary/aromatic N) is 5. The number of pyridine rings is 1. The van der Waals surface area contributed by atoms with Crippen molar-refractivity contribution < 1.29 is 19.4 Å². The second-order valence-electron chi connectivity index (χ2n) is 11.0. The van der Waals surface area contributed by atoms with Gasteiger partial charge in [0.25, 0.3) is 5.91 Å². The molecule has 0 spiro atoms. The summed E-state index contributed by atoms with van der Waals surface area (Å²) >= 11 is 1.55. The van der Waals surface area contributed by atoms with Crippen LogP contribution in [0, 0.1) is 5.92 Å². The molecule has 10 nitrogen and oxygen atoms in total. The summed E-state index contributed by atoms with van der Waals surface area (Å²) < 4.78 is 14.8.